The topological polar surface area (TPSA) is 63.7 Å². The first-order chi connectivity index (χ1) is 12.7. The van der Waals surface area contributed by atoms with E-state index in [0.717, 1.165) is 40.2 Å². The Bertz CT molecular complexity index is 912. The molecule has 26 heavy (non-hydrogen) atoms. The Morgan fingerprint density at radius 3 is 2.62 bits per heavy atom. The van der Waals surface area contributed by atoms with Crippen LogP contribution in [0.2, 0.25) is 0 Å². The lowest BCUT2D eigenvalue weighted by Crippen LogP contribution is -2.01. The summed E-state index contributed by atoms with van der Waals surface area (Å²) < 4.78 is 7.56. The summed E-state index contributed by atoms with van der Waals surface area (Å²) in [7, 11) is 1.66. The number of nitriles is 1. The van der Waals surface area contributed by atoms with Crippen LogP contribution in [-0.4, -0.2) is 27.6 Å². The fraction of sp³-hybridized carbons (Fsp3) is 0.250. The van der Waals surface area contributed by atoms with Gasteiger partial charge in [0.15, 0.2) is 11.0 Å². The van der Waals surface area contributed by atoms with Crippen LogP contribution < -0.4 is 4.74 Å². The van der Waals surface area contributed by atoms with Crippen LogP contribution in [0.15, 0.2) is 53.7 Å². The standard InChI is InChI=1S/C20H20N4OS/c1-15-9-11-16(12-10-15)24-19(17-7-3-4-8-18(17)25-2)22-23-20(24)26-14-6-5-13-21/h3-4,7-12H,5-6,14H2,1-2H3. The van der Waals surface area contributed by atoms with Crippen molar-refractivity contribution >= 4 is 11.8 Å². The SMILES string of the molecule is COc1ccccc1-c1nnc(SCCCC#N)n1-c1ccc(C)cc1. The molecule has 0 bridgehead atoms. The maximum atomic E-state index is 8.73. The Kier molecular flexibility index (Phi) is 5.92. The minimum Gasteiger partial charge on any atom is -0.496 e. The molecule has 0 spiro atoms. The summed E-state index contributed by atoms with van der Waals surface area (Å²) in [6.07, 6.45) is 1.37. The Morgan fingerprint density at radius 1 is 1.12 bits per heavy atom. The maximum Gasteiger partial charge on any atom is 0.196 e. The first-order valence-corrected chi connectivity index (χ1v) is 9.38. The molecule has 0 fully saturated rings. The molecule has 0 saturated heterocycles. The molecule has 0 atom stereocenters. The van der Waals surface area contributed by atoms with Crippen molar-refractivity contribution in [3.05, 3.63) is 54.1 Å². The van der Waals surface area contributed by atoms with Crippen molar-refractivity contribution in [1.82, 2.24) is 14.8 Å². The van der Waals surface area contributed by atoms with Gasteiger partial charge in [0.25, 0.3) is 0 Å². The lowest BCUT2D eigenvalue weighted by atomic mass is 10.1. The molecule has 0 aliphatic carbocycles. The van der Waals surface area contributed by atoms with Crippen molar-refractivity contribution < 1.29 is 4.74 Å². The highest BCUT2D eigenvalue weighted by atomic mass is 32.2. The number of methoxy groups -OCH3 is 1. The Balaban J connectivity index is 2.05. The minimum atomic E-state index is 0.547. The molecule has 6 heteroatoms. The zero-order valence-electron chi connectivity index (χ0n) is 14.8. The van der Waals surface area contributed by atoms with Crippen molar-refractivity contribution in [3.63, 3.8) is 0 Å². The summed E-state index contributed by atoms with van der Waals surface area (Å²) in [6.45, 7) is 2.06. The zero-order chi connectivity index (χ0) is 18.4. The third-order valence-corrected chi connectivity index (χ3v) is 4.95. The van der Waals surface area contributed by atoms with Gasteiger partial charge < -0.3 is 4.74 Å². The molecule has 3 aromatic rings. The number of ether oxygens (including phenoxy) is 1. The highest BCUT2D eigenvalue weighted by Crippen LogP contribution is 2.33. The van der Waals surface area contributed by atoms with Crippen LogP contribution in [0.3, 0.4) is 0 Å². The van der Waals surface area contributed by atoms with Crippen molar-refractivity contribution in [2.45, 2.75) is 24.9 Å². The van der Waals surface area contributed by atoms with Crippen LogP contribution in [0.4, 0.5) is 0 Å². The van der Waals surface area contributed by atoms with E-state index in [1.807, 2.05) is 28.8 Å². The van der Waals surface area contributed by atoms with Gasteiger partial charge in [0, 0.05) is 17.9 Å². The molecule has 1 aromatic heterocycles. The van der Waals surface area contributed by atoms with Crippen molar-refractivity contribution in [2.75, 3.05) is 12.9 Å². The smallest absolute Gasteiger partial charge is 0.196 e. The molecule has 0 N–H and O–H groups in total. The molecule has 1 heterocycles. The average molecular weight is 364 g/mol. The summed E-state index contributed by atoms with van der Waals surface area (Å²) >= 11 is 1.61. The van der Waals surface area contributed by atoms with E-state index in [2.05, 4.69) is 47.5 Å². The maximum absolute atomic E-state index is 8.73. The zero-order valence-corrected chi connectivity index (χ0v) is 15.7. The van der Waals surface area contributed by atoms with Gasteiger partial charge in [-0.1, -0.05) is 41.6 Å². The third kappa shape index (κ3) is 3.89. The lowest BCUT2D eigenvalue weighted by molar-refractivity contribution is 0.416. The van der Waals surface area contributed by atoms with Crippen molar-refractivity contribution in [3.8, 4) is 28.9 Å². The van der Waals surface area contributed by atoms with Gasteiger partial charge in [-0.05, 0) is 37.6 Å². The highest BCUT2D eigenvalue weighted by molar-refractivity contribution is 7.99. The van der Waals surface area contributed by atoms with E-state index < -0.39 is 0 Å². The van der Waals surface area contributed by atoms with Gasteiger partial charge >= 0.3 is 0 Å². The number of rotatable bonds is 7. The van der Waals surface area contributed by atoms with Gasteiger partial charge in [-0.2, -0.15) is 5.26 Å². The summed E-state index contributed by atoms with van der Waals surface area (Å²) in [5, 5.41) is 18.4. The Hall–Kier alpha value is -2.78. The summed E-state index contributed by atoms with van der Waals surface area (Å²) in [4.78, 5) is 0. The summed E-state index contributed by atoms with van der Waals surface area (Å²) in [5.74, 6) is 2.33. The van der Waals surface area contributed by atoms with Gasteiger partial charge in [0.05, 0.1) is 18.7 Å². The molecular weight excluding hydrogens is 344 g/mol. The predicted molar refractivity (Wildman–Crippen MR) is 104 cm³/mol. The molecule has 0 amide bonds. The van der Waals surface area contributed by atoms with Crippen LogP contribution in [0.1, 0.15) is 18.4 Å². The molecule has 0 aliphatic rings. The Labute approximate surface area is 157 Å². The van der Waals surface area contributed by atoms with Gasteiger partial charge in [-0.15, -0.1) is 10.2 Å². The highest BCUT2D eigenvalue weighted by Gasteiger charge is 2.18. The average Bonchev–Trinajstić information content (AvgIpc) is 3.09. The number of para-hydroxylation sites is 1. The van der Waals surface area contributed by atoms with Gasteiger partial charge in [0.2, 0.25) is 0 Å². The number of aryl methyl sites for hydroxylation is 1. The van der Waals surface area contributed by atoms with Crippen LogP contribution in [0, 0.1) is 18.3 Å². The van der Waals surface area contributed by atoms with Gasteiger partial charge in [0.1, 0.15) is 5.75 Å². The molecule has 5 nitrogen and oxygen atoms in total. The van der Waals surface area contributed by atoms with E-state index in [-0.39, 0.29) is 0 Å². The molecule has 132 valence electrons. The molecule has 0 aliphatic heterocycles. The largest absolute Gasteiger partial charge is 0.496 e. The monoisotopic (exact) mass is 364 g/mol. The first-order valence-electron chi connectivity index (χ1n) is 8.40. The second-order valence-corrected chi connectivity index (χ2v) is 6.85. The van der Waals surface area contributed by atoms with Crippen LogP contribution >= 0.6 is 11.8 Å². The van der Waals surface area contributed by atoms with E-state index in [1.54, 1.807) is 18.9 Å². The van der Waals surface area contributed by atoms with Crippen molar-refractivity contribution in [1.29, 1.82) is 5.26 Å². The molecule has 2 aromatic carbocycles. The van der Waals surface area contributed by atoms with E-state index in [1.165, 1.54) is 5.56 Å². The number of unbranched alkanes of at least 4 members (excludes halogenated alkanes) is 1. The normalized spacial score (nSPS) is 10.5. The molecule has 0 radical (unpaired) electrons. The third-order valence-electron chi connectivity index (χ3n) is 3.94. The Morgan fingerprint density at radius 2 is 1.88 bits per heavy atom. The quantitative estimate of drug-likeness (QED) is 0.451. The van der Waals surface area contributed by atoms with E-state index in [9.17, 15) is 0 Å². The molecular formula is C20H20N4OS. The number of hydrogen-bond acceptors (Lipinski definition) is 5. The number of hydrogen-bond donors (Lipinski definition) is 0. The molecule has 0 saturated carbocycles. The number of thioether (sulfide) groups is 1. The predicted octanol–water partition coefficient (Wildman–Crippen LogP) is 4.65. The van der Waals surface area contributed by atoms with Gasteiger partial charge in [-0.25, -0.2) is 0 Å². The fourth-order valence-electron chi connectivity index (χ4n) is 2.61. The van der Waals surface area contributed by atoms with Crippen LogP contribution in [0.25, 0.3) is 17.1 Å². The fourth-order valence-corrected chi connectivity index (χ4v) is 3.50. The van der Waals surface area contributed by atoms with Crippen molar-refractivity contribution in [2.24, 2.45) is 0 Å². The van der Waals surface area contributed by atoms with E-state index in [0.29, 0.717) is 6.42 Å². The second-order valence-electron chi connectivity index (χ2n) is 5.79. The summed E-state index contributed by atoms with van der Waals surface area (Å²) in [6, 6.07) is 18.3. The van der Waals surface area contributed by atoms with E-state index in [4.69, 9.17) is 10.00 Å². The lowest BCUT2D eigenvalue weighted by Gasteiger charge is -2.12. The number of benzene rings is 2. The summed E-state index contributed by atoms with van der Waals surface area (Å²) in [5.41, 5.74) is 3.10. The first kappa shape index (κ1) is 18.0. The minimum absolute atomic E-state index is 0.547. The van der Waals surface area contributed by atoms with E-state index >= 15 is 0 Å². The van der Waals surface area contributed by atoms with Crippen LogP contribution in [-0.2, 0) is 0 Å². The van der Waals surface area contributed by atoms with Crippen LogP contribution in [0.5, 0.6) is 5.75 Å². The number of aromatic nitrogens is 3. The molecule has 0 unspecified atom stereocenters. The second kappa shape index (κ2) is 8.54. The molecule has 3 rings (SSSR count). The number of nitrogens with zero attached hydrogens (tertiary/aromatic N) is 4. The van der Waals surface area contributed by atoms with Gasteiger partial charge in [-0.3, -0.25) is 4.57 Å².